The summed E-state index contributed by atoms with van der Waals surface area (Å²) in [6.07, 6.45) is 2.10. The van der Waals surface area contributed by atoms with Crippen molar-refractivity contribution in [2.24, 2.45) is 5.16 Å². The van der Waals surface area contributed by atoms with Crippen molar-refractivity contribution in [2.45, 2.75) is 23.8 Å². The summed E-state index contributed by atoms with van der Waals surface area (Å²) < 4.78 is 46.3. The van der Waals surface area contributed by atoms with E-state index in [2.05, 4.69) is 20.4 Å². The van der Waals surface area contributed by atoms with Crippen molar-refractivity contribution in [3.8, 4) is 0 Å². The summed E-state index contributed by atoms with van der Waals surface area (Å²) in [5.74, 6) is -0.653. The van der Waals surface area contributed by atoms with Gasteiger partial charge in [-0.2, -0.15) is 8.70 Å². The van der Waals surface area contributed by atoms with Gasteiger partial charge in [-0.15, -0.1) is 0 Å². The Morgan fingerprint density at radius 1 is 1.26 bits per heavy atom. The van der Waals surface area contributed by atoms with Gasteiger partial charge in [0.05, 0.1) is 24.3 Å². The summed E-state index contributed by atoms with van der Waals surface area (Å²) in [4.78, 5) is 24.4. The van der Waals surface area contributed by atoms with Gasteiger partial charge in [0.1, 0.15) is 0 Å². The van der Waals surface area contributed by atoms with E-state index in [0.29, 0.717) is 56.2 Å². The molecular weight excluding hydrogens is 485 g/mol. The van der Waals surface area contributed by atoms with Gasteiger partial charge in [0.15, 0.2) is 22.1 Å². The molecular formula is C21H26FN5O5S2. The molecule has 0 radical (unpaired) electrons. The van der Waals surface area contributed by atoms with Crippen molar-refractivity contribution in [1.29, 1.82) is 0 Å². The van der Waals surface area contributed by atoms with E-state index in [9.17, 15) is 17.6 Å². The summed E-state index contributed by atoms with van der Waals surface area (Å²) >= 11 is 0.682. The summed E-state index contributed by atoms with van der Waals surface area (Å²) in [6, 6.07) is 5.91. The van der Waals surface area contributed by atoms with Crippen LogP contribution < -0.4 is 5.32 Å². The van der Waals surface area contributed by atoms with Crippen LogP contribution in [0.3, 0.4) is 0 Å². The highest BCUT2D eigenvalue weighted by Gasteiger charge is 2.27. The molecule has 0 bridgehead atoms. The number of anilines is 1. The Labute approximate surface area is 201 Å². The first kappa shape index (κ1) is 24.7. The van der Waals surface area contributed by atoms with E-state index >= 15 is 0 Å². The number of rotatable bonds is 7. The first-order chi connectivity index (χ1) is 16.3. The maximum Gasteiger partial charge on any atom is 0.280 e. The van der Waals surface area contributed by atoms with Crippen molar-refractivity contribution >= 4 is 38.1 Å². The first-order valence-corrected chi connectivity index (χ1v) is 13.1. The number of aromatic nitrogens is 1. The average Bonchev–Trinajstić information content (AvgIpc) is 3.42. The van der Waals surface area contributed by atoms with Crippen LogP contribution in [0.25, 0.3) is 0 Å². The molecule has 4 rings (SSSR count). The van der Waals surface area contributed by atoms with Crippen LogP contribution in [0, 0.1) is 5.13 Å². The summed E-state index contributed by atoms with van der Waals surface area (Å²) in [7, 11) is -1.71. The van der Waals surface area contributed by atoms with Gasteiger partial charge >= 0.3 is 0 Å². The third-order valence-electron chi connectivity index (χ3n) is 5.54. The van der Waals surface area contributed by atoms with Crippen LogP contribution >= 0.6 is 11.3 Å². The Balaban J connectivity index is 1.55. The highest BCUT2D eigenvalue weighted by Crippen LogP contribution is 2.20. The number of likely N-dealkylation sites (N-methyl/N-ethyl adjacent to an activating group) is 1. The minimum atomic E-state index is -3.67. The summed E-state index contributed by atoms with van der Waals surface area (Å²) in [5.41, 5.74) is 0.269. The lowest BCUT2D eigenvalue weighted by Gasteiger charge is -2.20. The molecule has 1 aromatic heterocycles. The van der Waals surface area contributed by atoms with E-state index in [1.165, 1.54) is 28.6 Å². The molecule has 0 saturated carbocycles. The molecule has 10 nitrogen and oxygen atoms in total. The minimum absolute atomic E-state index is 0.0738. The van der Waals surface area contributed by atoms with Crippen LogP contribution in [0.2, 0.25) is 0 Å². The molecule has 1 amide bonds. The molecule has 3 heterocycles. The quantitative estimate of drug-likeness (QED) is 0.445. The molecule has 1 atom stereocenters. The molecule has 2 saturated heterocycles. The first-order valence-electron chi connectivity index (χ1n) is 10.9. The highest BCUT2D eigenvalue weighted by atomic mass is 32.2. The van der Waals surface area contributed by atoms with Gasteiger partial charge in [-0.05, 0) is 32.1 Å². The van der Waals surface area contributed by atoms with Gasteiger partial charge in [-0.1, -0.05) is 28.6 Å². The smallest absolute Gasteiger partial charge is 0.280 e. The van der Waals surface area contributed by atoms with Crippen molar-refractivity contribution in [3.63, 3.8) is 0 Å². The Morgan fingerprint density at radius 2 is 2.06 bits per heavy atom. The fraction of sp³-hybridized carbons (Fsp3) is 0.476. The molecule has 2 aliphatic rings. The zero-order chi connectivity index (χ0) is 24.1. The van der Waals surface area contributed by atoms with Crippen molar-refractivity contribution in [3.05, 3.63) is 41.2 Å². The van der Waals surface area contributed by atoms with Gasteiger partial charge in [-0.25, -0.2) is 13.4 Å². The Kier molecular flexibility index (Phi) is 7.88. The summed E-state index contributed by atoms with van der Waals surface area (Å²) in [5, 5.41) is 6.06. The number of ether oxygens (including phenoxy) is 1. The number of carbonyl (C=O) groups is 1. The van der Waals surface area contributed by atoms with Gasteiger partial charge in [0.2, 0.25) is 10.0 Å². The van der Waals surface area contributed by atoms with Crippen LogP contribution in [-0.2, 0) is 24.4 Å². The maximum absolute atomic E-state index is 13.3. The van der Waals surface area contributed by atoms with Gasteiger partial charge < -0.3 is 14.5 Å². The lowest BCUT2D eigenvalue weighted by Crippen LogP contribution is -2.34. The van der Waals surface area contributed by atoms with E-state index < -0.39 is 21.1 Å². The molecule has 1 aromatic carbocycles. The van der Waals surface area contributed by atoms with Gasteiger partial charge in [0.25, 0.3) is 5.91 Å². The minimum Gasteiger partial charge on any atom is -0.389 e. The third kappa shape index (κ3) is 5.96. The second-order valence-corrected chi connectivity index (χ2v) is 11.0. The fourth-order valence-electron chi connectivity index (χ4n) is 3.61. The van der Waals surface area contributed by atoms with E-state index in [1.807, 2.05) is 7.05 Å². The lowest BCUT2D eigenvalue weighted by atomic mass is 10.1. The number of carbonyl (C=O) groups excluding carboxylic acids is 1. The van der Waals surface area contributed by atoms with Crippen molar-refractivity contribution in [1.82, 2.24) is 14.2 Å². The number of nitrogens with zero attached hydrogens (tertiary/aromatic N) is 4. The largest absolute Gasteiger partial charge is 0.389 e. The van der Waals surface area contributed by atoms with Crippen LogP contribution in [0.5, 0.6) is 0 Å². The number of oxime groups is 1. The molecule has 34 heavy (non-hydrogen) atoms. The maximum atomic E-state index is 13.3. The molecule has 2 aliphatic heterocycles. The Morgan fingerprint density at radius 3 is 2.74 bits per heavy atom. The Hall–Kier alpha value is -2.45. The number of hydrogen-bond donors (Lipinski definition) is 1. The molecule has 0 aliphatic carbocycles. The standard InChI is InChI=1S/C21H26FN5O5S2/c1-26-8-2-9-27(11-10-26)34(29,30)17-5-3-15(4-6-17)19(25-32-16-7-12-31-14-16)20(28)24-21-23-13-18(22)33-21/h3-6,13,16H,2,7-12,14H2,1H3,(H,23,24,28)/b25-19+/t16-/m1/s1. The Bertz CT molecular complexity index is 1130. The fourth-order valence-corrected chi connectivity index (χ4v) is 5.62. The second kappa shape index (κ2) is 10.9. The van der Waals surface area contributed by atoms with E-state index in [0.717, 1.165) is 19.2 Å². The highest BCUT2D eigenvalue weighted by molar-refractivity contribution is 7.89. The number of benzene rings is 1. The van der Waals surface area contributed by atoms with Gasteiger partial charge in [-0.3, -0.25) is 10.1 Å². The topological polar surface area (TPSA) is 113 Å². The zero-order valence-electron chi connectivity index (χ0n) is 18.6. The van der Waals surface area contributed by atoms with Gasteiger partial charge in [0, 0.05) is 31.6 Å². The van der Waals surface area contributed by atoms with Crippen LogP contribution in [-0.4, -0.2) is 86.8 Å². The van der Waals surface area contributed by atoms with Crippen LogP contribution in [0.1, 0.15) is 18.4 Å². The number of hydrogen-bond acceptors (Lipinski definition) is 9. The predicted octanol–water partition coefficient (Wildman–Crippen LogP) is 1.76. The molecule has 1 N–H and O–H groups in total. The molecule has 0 unspecified atom stereocenters. The van der Waals surface area contributed by atoms with E-state index in [-0.39, 0.29) is 21.8 Å². The predicted molar refractivity (Wildman–Crippen MR) is 125 cm³/mol. The van der Waals surface area contributed by atoms with Crippen LogP contribution in [0.4, 0.5) is 9.52 Å². The van der Waals surface area contributed by atoms with E-state index in [4.69, 9.17) is 9.57 Å². The molecule has 13 heteroatoms. The number of sulfonamides is 1. The normalized spacial score (nSPS) is 20.8. The number of amides is 1. The van der Waals surface area contributed by atoms with Crippen LogP contribution in [0.15, 0.2) is 40.5 Å². The number of thiazole rings is 1. The number of halogens is 1. The third-order valence-corrected chi connectivity index (χ3v) is 8.15. The molecule has 184 valence electrons. The van der Waals surface area contributed by atoms with Crippen molar-refractivity contribution in [2.75, 3.05) is 51.8 Å². The van der Waals surface area contributed by atoms with Crippen molar-refractivity contribution < 1.29 is 27.2 Å². The average molecular weight is 512 g/mol. The number of nitrogens with one attached hydrogen (secondary N) is 1. The monoisotopic (exact) mass is 511 g/mol. The molecule has 2 fully saturated rings. The zero-order valence-corrected chi connectivity index (χ0v) is 20.3. The summed E-state index contributed by atoms with van der Waals surface area (Å²) in [6.45, 7) is 3.27. The second-order valence-electron chi connectivity index (χ2n) is 8.04. The molecule has 2 aromatic rings. The lowest BCUT2D eigenvalue weighted by molar-refractivity contribution is -0.110. The SMILES string of the molecule is CN1CCCN(S(=O)(=O)c2ccc(/C(=N\O[C@@H]3CCOC3)C(=O)Nc3ncc(F)s3)cc2)CC1. The van der Waals surface area contributed by atoms with E-state index in [1.54, 1.807) is 0 Å². The molecule has 0 spiro atoms.